The normalized spacial score (nSPS) is 13.0. The van der Waals surface area contributed by atoms with E-state index in [1.54, 1.807) is 0 Å². The predicted molar refractivity (Wildman–Crippen MR) is 71.2 cm³/mol. The van der Waals surface area contributed by atoms with Crippen LogP contribution in [0.5, 0.6) is 11.5 Å². The van der Waals surface area contributed by atoms with Gasteiger partial charge in [0, 0.05) is 0 Å². The molecule has 1 atom stereocenters. The number of aromatic hydroxyl groups is 1. The molecule has 1 unspecified atom stereocenters. The fourth-order valence-corrected chi connectivity index (χ4v) is 2.04. The third kappa shape index (κ3) is 4.11. The quantitative estimate of drug-likeness (QED) is 0.753. The van der Waals surface area contributed by atoms with Gasteiger partial charge in [-0.2, -0.15) is 0 Å². The maximum atomic E-state index is 13.9. The van der Waals surface area contributed by atoms with Crippen molar-refractivity contribution in [2.75, 3.05) is 0 Å². The van der Waals surface area contributed by atoms with Gasteiger partial charge in [-0.3, -0.25) is 0 Å². The minimum absolute atomic E-state index is 0.0606. The second-order valence-electron chi connectivity index (χ2n) is 4.69. The van der Waals surface area contributed by atoms with Gasteiger partial charge in [0.15, 0.2) is 0 Å². The minimum Gasteiger partial charge on any atom is -0.507 e. The highest BCUT2D eigenvalue weighted by Gasteiger charge is 2.31. The van der Waals surface area contributed by atoms with Crippen LogP contribution in [0, 0.1) is 5.82 Å². The van der Waals surface area contributed by atoms with Crippen LogP contribution < -0.4 is 4.74 Å². The van der Waals surface area contributed by atoms with Gasteiger partial charge in [0.05, 0.1) is 12.2 Å². The van der Waals surface area contributed by atoms with Crippen LogP contribution in [0.15, 0.2) is 36.4 Å². The Kier molecular flexibility index (Phi) is 4.76. The Morgan fingerprint density at radius 1 is 1.09 bits per heavy atom. The number of hydrogen-bond acceptors (Lipinski definition) is 4. The maximum Gasteiger partial charge on any atom is 0.573 e. The van der Waals surface area contributed by atoms with Crippen molar-refractivity contribution in [1.82, 2.24) is 0 Å². The molecule has 0 aliphatic rings. The SMILES string of the molecule is OCc1cc(O)c(C(O)c2ccc(OC(F)(F)F)cc2)c(F)c1. The van der Waals surface area contributed by atoms with E-state index in [2.05, 4.69) is 4.74 Å². The van der Waals surface area contributed by atoms with E-state index in [-0.39, 0.29) is 11.1 Å². The summed E-state index contributed by atoms with van der Waals surface area (Å²) in [6, 6.07) is 6.18. The van der Waals surface area contributed by atoms with Crippen molar-refractivity contribution in [2.24, 2.45) is 0 Å². The number of rotatable bonds is 4. The number of aliphatic hydroxyl groups is 2. The second-order valence-corrected chi connectivity index (χ2v) is 4.69. The summed E-state index contributed by atoms with van der Waals surface area (Å²) in [5, 5.41) is 28.8. The minimum atomic E-state index is -4.84. The van der Waals surface area contributed by atoms with Crippen LogP contribution in [0.3, 0.4) is 0 Å². The fourth-order valence-electron chi connectivity index (χ4n) is 2.04. The first-order chi connectivity index (χ1) is 10.7. The van der Waals surface area contributed by atoms with Gasteiger partial charge in [-0.1, -0.05) is 12.1 Å². The molecule has 23 heavy (non-hydrogen) atoms. The number of hydrogen-bond donors (Lipinski definition) is 3. The zero-order chi connectivity index (χ0) is 17.2. The summed E-state index contributed by atoms with van der Waals surface area (Å²) in [5.41, 5.74) is -0.262. The summed E-state index contributed by atoms with van der Waals surface area (Å²) in [4.78, 5) is 0. The predicted octanol–water partition coefficient (Wildman–Crippen LogP) is 3.00. The molecule has 0 aliphatic heterocycles. The molecule has 3 N–H and O–H groups in total. The number of benzene rings is 2. The molecule has 0 spiro atoms. The summed E-state index contributed by atoms with van der Waals surface area (Å²) in [5.74, 6) is -2.01. The maximum absolute atomic E-state index is 13.9. The Morgan fingerprint density at radius 2 is 1.70 bits per heavy atom. The second kappa shape index (κ2) is 6.43. The molecule has 0 amide bonds. The molecule has 0 heterocycles. The third-order valence-corrected chi connectivity index (χ3v) is 3.05. The van der Waals surface area contributed by atoms with Crippen molar-refractivity contribution >= 4 is 0 Å². The Labute approximate surface area is 128 Å². The van der Waals surface area contributed by atoms with Crippen LogP contribution >= 0.6 is 0 Å². The highest BCUT2D eigenvalue weighted by molar-refractivity contribution is 5.43. The summed E-state index contributed by atoms with van der Waals surface area (Å²) >= 11 is 0. The molecule has 8 heteroatoms. The Hall–Kier alpha value is -2.32. The molecule has 0 saturated carbocycles. The van der Waals surface area contributed by atoms with Crippen molar-refractivity contribution in [3.63, 3.8) is 0 Å². The van der Waals surface area contributed by atoms with Crippen LogP contribution in [0.2, 0.25) is 0 Å². The van der Waals surface area contributed by atoms with Gasteiger partial charge in [-0.25, -0.2) is 4.39 Å². The van der Waals surface area contributed by atoms with Crippen LogP contribution in [0.25, 0.3) is 0 Å². The largest absolute Gasteiger partial charge is 0.573 e. The smallest absolute Gasteiger partial charge is 0.507 e. The lowest BCUT2D eigenvalue weighted by Gasteiger charge is -2.16. The average molecular weight is 332 g/mol. The molecular formula is C15H12F4O4. The molecule has 0 bridgehead atoms. The molecule has 0 saturated heterocycles. The van der Waals surface area contributed by atoms with Crippen LogP contribution in [0.1, 0.15) is 22.8 Å². The number of alkyl halides is 3. The zero-order valence-corrected chi connectivity index (χ0v) is 11.5. The van der Waals surface area contributed by atoms with E-state index in [1.165, 1.54) is 0 Å². The van der Waals surface area contributed by atoms with E-state index in [9.17, 15) is 27.8 Å². The lowest BCUT2D eigenvalue weighted by atomic mass is 9.98. The Morgan fingerprint density at radius 3 is 2.17 bits per heavy atom. The Balaban J connectivity index is 2.29. The molecule has 0 fully saturated rings. The van der Waals surface area contributed by atoms with Crippen molar-refractivity contribution in [3.05, 3.63) is 58.9 Å². The van der Waals surface area contributed by atoms with Gasteiger partial charge < -0.3 is 20.1 Å². The molecule has 2 aromatic rings. The van der Waals surface area contributed by atoms with Gasteiger partial charge in [-0.15, -0.1) is 13.2 Å². The number of ether oxygens (including phenoxy) is 1. The van der Waals surface area contributed by atoms with Crippen LogP contribution in [-0.4, -0.2) is 21.7 Å². The standard InChI is InChI=1S/C15H12F4O4/c16-11-5-8(7-20)6-12(21)13(11)14(22)9-1-3-10(4-2-9)23-15(17,18)19/h1-6,14,20-22H,7H2. The summed E-state index contributed by atoms with van der Waals surface area (Å²) in [7, 11) is 0. The van der Waals surface area contributed by atoms with Crippen molar-refractivity contribution in [2.45, 2.75) is 19.1 Å². The molecule has 0 aliphatic carbocycles. The number of aliphatic hydroxyl groups excluding tert-OH is 2. The summed E-state index contributed by atoms with van der Waals surface area (Å²) < 4.78 is 53.8. The lowest BCUT2D eigenvalue weighted by molar-refractivity contribution is -0.274. The Bertz CT molecular complexity index is 660. The van der Waals surface area contributed by atoms with Crippen molar-refractivity contribution in [3.8, 4) is 11.5 Å². The molecular weight excluding hydrogens is 320 g/mol. The van der Waals surface area contributed by atoms with E-state index in [1.807, 2.05) is 0 Å². The lowest BCUT2D eigenvalue weighted by Crippen LogP contribution is -2.17. The summed E-state index contributed by atoms with van der Waals surface area (Å²) in [6.07, 6.45) is -6.44. The summed E-state index contributed by atoms with van der Waals surface area (Å²) in [6.45, 7) is -0.496. The first-order valence-electron chi connectivity index (χ1n) is 6.37. The first kappa shape index (κ1) is 17.0. The van der Waals surface area contributed by atoms with Crippen molar-refractivity contribution < 1.29 is 37.6 Å². The van der Waals surface area contributed by atoms with Crippen LogP contribution in [-0.2, 0) is 6.61 Å². The number of phenols is 1. The molecule has 2 aromatic carbocycles. The first-order valence-corrected chi connectivity index (χ1v) is 6.37. The third-order valence-electron chi connectivity index (χ3n) is 3.05. The van der Waals surface area contributed by atoms with E-state index < -0.39 is 42.0 Å². The highest BCUT2D eigenvalue weighted by atomic mass is 19.4. The molecule has 0 aromatic heterocycles. The number of halogens is 4. The van der Waals surface area contributed by atoms with Gasteiger partial charge in [0.25, 0.3) is 0 Å². The van der Waals surface area contributed by atoms with Gasteiger partial charge in [-0.05, 0) is 35.4 Å². The van der Waals surface area contributed by atoms with Gasteiger partial charge in [0.2, 0.25) is 0 Å². The van der Waals surface area contributed by atoms with Gasteiger partial charge >= 0.3 is 6.36 Å². The molecule has 4 nitrogen and oxygen atoms in total. The van der Waals surface area contributed by atoms with E-state index in [0.29, 0.717) is 0 Å². The monoisotopic (exact) mass is 332 g/mol. The van der Waals surface area contributed by atoms with E-state index in [0.717, 1.165) is 36.4 Å². The fraction of sp³-hybridized carbons (Fsp3) is 0.200. The van der Waals surface area contributed by atoms with Crippen LogP contribution in [0.4, 0.5) is 17.6 Å². The van der Waals surface area contributed by atoms with Crippen molar-refractivity contribution in [1.29, 1.82) is 0 Å². The van der Waals surface area contributed by atoms with E-state index in [4.69, 9.17) is 5.11 Å². The van der Waals surface area contributed by atoms with Gasteiger partial charge in [0.1, 0.15) is 23.4 Å². The average Bonchev–Trinajstić information content (AvgIpc) is 2.45. The molecule has 2 rings (SSSR count). The van der Waals surface area contributed by atoms with E-state index >= 15 is 0 Å². The number of phenolic OH excluding ortho intramolecular Hbond substituents is 1. The zero-order valence-electron chi connectivity index (χ0n) is 11.5. The molecule has 124 valence electrons. The topological polar surface area (TPSA) is 69.9 Å². The highest BCUT2D eigenvalue weighted by Crippen LogP contribution is 2.34. The molecule has 0 radical (unpaired) electrons.